The molecule has 1 aromatic rings. The lowest BCUT2D eigenvalue weighted by Gasteiger charge is -2.27. The summed E-state index contributed by atoms with van der Waals surface area (Å²) in [6.45, 7) is 0. The van der Waals surface area contributed by atoms with E-state index >= 15 is 0 Å². The number of hydrogen-bond donors (Lipinski definition) is 2. The van der Waals surface area contributed by atoms with Crippen molar-refractivity contribution >= 4 is 11.8 Å². The molecule has 2 atom stereocenters. The molecule has 2 rings (SSSR count). The Morgan fingerprint density at radius 2 is 2.38 bits per heavy atom. The van der Waals surface area contributed by atoms with E-state index < -0.39 is 5.97 Å². The lowest BCUT2D eigenvalue weighted by Crippen LogP contribution is -2.31. The van der Waals surface area contributed by atoms with Gasteiger partial charge in [0.15, 0.2) is 0 Å². The number of carbonyl (C=O) groups is 1. The van der Waals surface area contributed by atoms with Crippen molar-refractivity contribution in [1.82, 2.24) is 10.2 Å². The Labute approximate surface area is 93.9 Å². The second kappa shape index (κ2) is 4.92. The van der Waals surface area contributed by atoms with Crippen LogP contribution in [0, 0.1) is 5.92 Å². The molecule has 0 aromatic carbocycles. The van der Waals surface area contributed by atoms with Crippen molar-refractivity contribution in [2.24, 2.45) is 5.92 Å². The van der Waals surface area contributed by atoms with Crippen LogP contribution in [0.15, 0.2) is 18.3 Å². The first kappa shape index (κ1) is 10.9. The highest BCUT2D eigenvalue weighted by molar-refractivity contribution is 5.70. The van der Waals surface area contributed by atoms with E-state index in [-0.39, 0.29) is 12.0 Å². The van der Waals surface area contributed by atoms with Gasteiger partial charge in [0.1, 0.15) is 5.82 Å². The smallest absolute Gasteiger partial charge is 0.306 e. The van der Waals surface area contributed by atoms with Gasteiger partial charge in [-0.3, -0.25) is 4.79 Å². The predicted molar refractivity (Wildman–Crippen MR) is 59.0 cm³/mol. The molecule has 1 fully saturated rings. The van der Waals surface area contributed by atoms with Crippen LogP contribution in [0.25, 0.3) is 0 Å². The van der Waals surface area contributed by atoms with Crippen LogP contribution in [0.1, 0.15) is 25.7 Å². The van der Waals surface area contributed by atoms with E-state index in [0.717, 1.165) is 25.1 Å². The summed E-state index contributed by atoms with van der Waals surface area (Å²) >= 11 is 0. The van der Waals surface area contributed by atoms with Gasteiger partial charge >= 0.3 is 5.97 Å². The molecule has 1 saturated carbocycles. The minimum atomic E-state index is -0.689. The van der Waals surface area contributed by atoms with Crippen LogP contribution >= 0.6 is 0 Å². The lowest BCUT2D eigenvalue weighted by atomic mass is 9.86. The van der Waals surface area contributed by atoms with Gasteiger partial charge in [-0.15, -0.1) is 5.10 Å². The molecule has 86 valence electrons. The maximum atomic E-state index is 10.9. The molecule has 1 aliphatic rings. The van der Waals surface area contributed by atoms with E-state index in [1.165, 1.54) is 0 Å². The first-order chi connectivity index (χ1) is 7.75. The fourth-order valence-electron chi connectivity index (χ4n) is 2.13. The summed E-state index contributed by atoms with van der Waals surface area (Å²) in [5.41, 5.74) is 0. The zero-order chi connectivity index (χ0) is 11.4. The van der Waals surface area contributed by atoms with Gasteiger partial charge in [-0.25, -0.2) is 0 Å². The summed E-state index contributed by atoms with van der Waals surface area (Å²) in [4.78, 5) is 10.9. The molecule has 5 nitrogen and oxygen atoms in total. The fourth-order valence-corrected chi connectivity index (χ4v) is 2.13. The number of aromatic nitrogens is 2. The van der Waals surface area contributed by atoms with Crippen LogP contribution in [0.3, 0.4) is 0 Å². The third-order valence-electron chi connectivity index (χ3n) is 2.95. The molecule has 0 aliphatic heterocycles. The number of rotatable bonds is 3. The third-order valence-corrected chi connectivity index (χ3v) is 2.95. The van der Waals surface area contributed by atoms with Crippen molar-refractivity contribution in [1.29, 1.82) is 0 Å². The van der Waals surface area contributed by atoms with E-state index in [9.17, 15) is 4.79 Å². The molecule has 0 saturated heterocycles. The summed E-state index contributed by atoms with van der Waals surface area (Å²) in [6, 6.07) is 3.86. The highest BCUT2D eigenvalue weighted by atomic mass is 16.4. The quantitative estimate of drug-likeness (QED) is 0.809. The van der Waals surface area contributed by atoms with Crippen molar-refractivity contribution in [3.05, 3.63) is 18.3 Å². The minimum Gasteiger partial charge on any atom is -0.481 e. The average Bonchev–Trinajstić information content (AvgIpc) is 2.30. The molecule has 2 N–H and O–H groups in total. The van der Waals surface area contributed by atoms with Crippen LogP contribution in [0.5, 0.6) is 0 Å². The Bertz CT molecular complexity index is 356. The molecular weight excluding hydrogens is 206 g/mol. The Kier molecular flexibility index (Phi) is 3.34. The first-order valence-electron chi connectivity index (χ1n) is 5.53. The Hall–Kier alpha value is -1.65. The summed E-state index contributed by atoms with van der Waals surface area (Å²) in [5.74, 6) is -0.188. The standard InChI is InChI=1S/C11H15N3O2/c15-11(16)8-3-1-4-9(7-8)13-10-5-2-6-12-14-10/h2,5-6,8-9H,1,3-4,7H2,(H,13,14)(H,15,16). The molecule has 16 heavy (non-hydrogen) atoms. The lowest BCUT2D eigenvalue weighted by molar-refractivity contribution is -0.142. The number of carboxylic acids is 1. The van der Waals surface area contributed by atoms with E-state index in [0.29, 0.717) is 6.42 Å². The zero-order valence-electron chi connectivity index (χ0n) is 8.97. The summed E-state index contributed by atoms with van der Waals surface area (Å²) in [5, 5.41) is 19.9. The monoisotopic (exact) mass is 221 g/mol. The number of aliphatic carboxylic acids is 1. The highest BCUT2D eigenvalue weighted by Gasteiger charge is 2.26. The molecular formula is C11H15N3O2. The zero-order valence-corrected chi connectivity index (χ0v) is 8.97. The van der Waals surface area contributed by atoms with E-state index in [2.05, 4.69) is 15.5 Å². The van der Waals surface area contributed by atoms with Gasteiger partial charge in [0.05, 0.1) is 5.92 Å². The second-order valence-electron chi connectivity index (χ2n) is 4.15. The van der Waals surface area contributed by atoms with Crippen molar-refractivity contribution in [2.75, 3.05) is 5.32 Å². The highest BCUT2D eigenvalue weighted by Crippen LogP contribution is 2.26. The van der Waals surface area contributed by atoms with Gasteiger partial charge in [0, 0.05) is 12.2 Å². The molecule has 2 unspecified atom stereocenters. The number of nitrogens with zero attached hydrogens (tertiary/aromatic N) is 2. The predicted octanol–water partition coefficient (Wildman–Crippen LogP) is 1.53. The van der Waals surface area contributed by atoms with Gasteiger partial charge in [-0.2, -0.15) is 5.10 Å². The SMILES string of the molecule is O=C(O)C1CCCC(Nc2cccnn2)C1. The van der Waals surface area contributed by atoms with Crippen LogP contribution in [-0.4, -0.2) is 27.3 Å². The van der Waals surface area contributed by atoms with Crippen molar-refractivity contribution in [3.63, 3.8) is 0 Å². The van der Waals surface area contributed by atoms with Crippen molar-refractivity contribution in [3.8, 4) is 0 Å². The topological polar surface area (TPSA) is 75.1 Å². The van der Waals surface area contributed by atoms with Crippen molar-refractivity contribution in [2.45, 2.75) is 31.7 Å². The summed E-state index contributed by atoms with van der Waals surface area (Å²) < 4.78 is 0. The normalized spacial score (nSPS) is 25.0. The number of anilines is 1. The van der Waals surface area contributed by atoms with E-state index in [1.54, 1.807) is 6.20 Å². The summed E-state index contributed by atoms with van der Waals surface area (Å²) in [6.07, 6.45) is 5.03. The first-order valence-corrected chi connectivity index (χ1v) is 5.53. The maximum Gasteiger partial charge on any atom is 0.306 e. The van der Waals surface area contributed by atoms with E-state index in [1.807, 2.05) is 12.1 Å². The largest absolute Gasteiger partial charge is 0.481 e. The number of nitrogens with one attached hydrogen (secondary N) is 1. The Balaban J connectivity index is 1.93. The molecule has 1 aromatic heterocycles. The molecule has 1 heterocycles. The van der Waals surface area contributed by atoms with Crippen LogP contribution in [0.4, 0.5) is 5.82 Å². The third kappa shape index (κ3) is 2.68. The minimum absolute atomic E-state index is 0.201. The fraction of sp³-hybridized carbons (Fsp3) is 0.545. The van der Waals surface area contributed by atoms with Crippen LogP contribution in [-0.2, 0) is 4.79 Å². The van der Waals surface area contributed by atoms with Gasteiger partial charge in [0.2, 0.25) is 0 Å². The molecule has 0 amide bonds. The van der Waals surface area contributed by atoms with Gasteiger partial charge in [-0.05, 0) is 31.4 Å². The van der Waals surface area contributed by atoms with Gasteiger partial charge in [-0.1, -0.05) is 6.42 Å². The molecule has 0 bridgehead atoms. The van der Waals surface area contributed by atoms with Crippen LogP contribution in [0.2, 0.25) is 0 Å². The molecule has 5 heteroatoms. The van der Waals surface area contributed by atoms with E-state index in [4.69, 9.17) is 5.11 Å². The van der Waals surface area contributed by atoms with Gasteiger partial charge in [0.25, 0.3) is 0 Å². The molecule has 1 aliphatic carbocycles. The van der Waals surface area contributed by atoms with Gasteiger partial charge < -0.3 is 10.4 Å². The number of carboxylic acid groups (broad SMARTS) is 1. The molecule has 0 spiro atoms. The molecule has 0 radical (unpaired) electrons. The second-order valence-corrected chi connectivity index (χ2v) is 4.15. The number of hydrogen-bond acceptors (Lipinski definition) is 4. The van der Waals surface area contributed by atoms with Crippen LogP contribution < -0.4 is 5.32 Å². The summed E-state index contributed by atoms with van der Waals surface area (Å²) in [7, 11) is 0. The maximum absolute atomic E-state index is 10.9. The Morgan fingerprint density at radius 3 is 3.06 bits per heavy atom. The van der Waals surface area contributed by atoms with Crippen molar-refractivity contribution < 1.29 is 9.90 Å². The Morgan fingerprint density at radius 1 is 1.50 bits per heavy atom. The average molecular weight is 221 g/mol.